The number of carbonyl (C=O) groups is 1. The first-order valence-electron chi connectivity index (χ1n) is 7.44. The molecular weight excluding hydrogens is 373 g/mol. The number of anilines is 1. The van der Waals surface area contributed by atoms with Crippen molar-refractivity contribution in [2.45, 2.75) is 13.0 Å². The Bertz CT molecular complexity index is 897. The third-order valence-electron chi connectivity index (χ3n) is 3.59. The molecule has 0 spiro atoms. The Morgan fingerprint density at radius 1 is 1.08 bits per heavy atom. The van der Waals surface area contributed by atoms with Crippen LogP contribution in [0.3, 0.4) is 0 Å². The molecule has 1 atom stereocenters. The molecular formula is C19H15BrFNO2. The molecule has 3 aromatic carbocycles. The molecule has 0 aliphatic carbocycles. The van der Waals surface area contributed by atoms with E-state index >= 15 is 0 Å². The fourth-order valence-electron chi connectivity index (χ4n) is 2.32. The van der Waals surface area contributed by atoms with Crippen molar-refractivity contribution >= 4 is 38.3 Å². The highest BCUT2D eigenvalue weighted by atomic mass is 79.9. The minimum Gasteiger partial charge on any atom is -0.481 e. The first-order valence-corrected chi connectivity index (χ1v) is 8.23. The van der Waals surface area contributed by atoms with E-state index in [9.17, 15) is 9.18 Å². The van der Waals surface area contributed by atoms with Gasteiger partial charge in [-0.25, -0.2) is 4.39 Å². The molecule has 0 fully saturated rings. The zero-order valence-corrected chi connectivity index (χ0v) is 14.5. The van der Waals surface area contributed by atoms with Gasteiger partial charge in [-0.3, -0.25) is 4.79 Å². The number of para-hydroxylation sites is 1. The summed E-state index contributed by atoms with van der Waals surface area (Å²) < 4.78 is 20.3. The average Bonchev–Trinajstić information content (AvgIpc) is 2.57. The van der Waals surface area contributed by atoms with Gasteiger partial charge in [-0.05, 0) is 54.1 Å². The summed E-state index contributed by atoms with van der Waals surface area (Å²) in [4.78, 5) is 12.2. The molecule has 0 aliphatic heterocycles. The van der Waals surface area contributed by atoms with Crippen LogP contribution in [-0.2, 0) is 4.79 Å². The first kappa shape index (κ1) is 16.5. The topological polar surface area (TPSA) is 38.3 Å². The number of rotatable bonds is 4. The lowest BCUT2D eigenvalue weighted by atomic mass is 10.1. The van der Waals surface area contributed by atoms with Crippen molar-refractivity contribution in [1.82, 2.24) is 0 Å². The molecule has 0 aliphatic rings. The van der Waals surface area contributed by atoms with E-state index < -0.39 is 17.8 Å². The third kappa shape index (κ3) is 3.74. The van der Waals surface area contributed by atoms with Crippen LogP contribution in [-0.4, -0.2) is 12.0 Å². The van der Waals surface area contributed by atoms with Crippen LogP contribution >= 0.6 is 15.9 Å². The summed E-state index contributed by atoms with van der Waals surface area (Å²) in [6.07, 6.45) is -0.752. The molecule has 3 rings (SSSR count). The largest absolute Gasteiger partial charge is 0.481 e. The van der Waals surface area contributed by atoms with Gasteiger partial charge in [0, 0.05) is 4.47 Å². The molecule has 0 saturated heterocycles. The van der Waals surface area contributed by atoms with E-state index in [4.69, 9.17) is 4.74 Å². The zero-order valence-electron chi connectivity index (χ0n) is 12.9. The highest BCUT2D eigenvalue weighted by Crippen LogP contribution is 2.25. The van der Waals surface area contributed by atoms with Crippen molar-refractivity contribution in [3.05, 3.63) is 71.0 Å². The van der Waals surface area contributed by atoms with Gasteiger partial charge in [0.2, 0.25) is 0 Å². The number of halogens is 2. The van der Waals surface area contributed by atoms with Crippen LogP contribution in [0.15, 0.2) is 65.1 Å². The van der Waals surface area contributed by atoms with Crippen molar-refractivity contribution < 1.29 is 13.9 Å². The van der Waals surface area contributed by atoms with Gasteiger partial charge in [0.05, 0.1) is 5.69 Å². The number of carbonyl (C=O) groups excluding carboxylic acids is 1. The fourth-order valence-corrected chi connectivity index (χ4v) is 2.70. The standard InChI is InChI=1S/C19H15BrFNO2/c1-12(19(23)22-18-5-3-2-4-17(18)21)24-16-9-7-13-10-15(20)8-6-14(13)11-16/h2-12H,1H3,(H,22,23)/t12-/m0/s1. The molecule has 24 heavy (non-hydrogen) atoms. The summed E-state index contributed by atoms with van der Waals surface area (Å²) in [5, 5.41) is 4.61. The summed E-state index contributed by atoms with van der Waals surface area (Å²) in [5.41, 5.74) is 0.140. The van der Waals surface area contributed by atoms with Crippen LogP contribution in [0.1, 0.15) is 6.92 Å². The monoisotopic (exact) mass is 387 g/mol. The Labute approximate surface area is 147 Å². The molecule has 3 nitrogen and oxygen atoms in total. The van der Waals surface area contributed by atoms with Gasteiger partial charge in [-0.15, -0.1) is 0 Å². The number of ether oxygens (including phenoxy) is 1. The van der Waals surface area contributed by atoms with Gasteiger partial charge in [0.15, 0.2) is 6.10 Å². The predicted octanol–water partition coefficient (Wildman–Crippen LogP) is 5.15. The predicted molar refractivity (Wildman–Crippen MR) is 96.8 cm³/mol. The zero-order chi connectivity index (χ0) is 17.1. The highest BCUT2D eigenvalue weighted by Gasteiger charge is 2.16. The number of fused-ring (bicyclic) bond motifs is 1. The maximum absolute atomic E-state index is 13.6. The van der Waals surface area contributed by atoms with E-state index in [1.807, 2.05) is 36.4 Å². The maximum atomic E-state index is 13.6. The molecule has 0 aromatic heterocycles. The molecule has 1 amide bonds. The summed E-state index contributed by atoms with van der Waals surface area (Å²) in [6.45, 7) is 1.63. The molecule has 0 heterocycles. The fraction of sp³-hybridized carbons (Fsp3) is 0.105. The molecule has 0 saturated carbocycles. The summed E-state index contributed by atoms with van der Waals surface area (Å²) >= 11 is 3.43. The molecule has 0 bridgehead atoms. The van der Waals surface area contributed by atoms with Crippen LogP contribution in [0.5, 0.6) is 5.75 Å². The Morgan fingerprint density at radius 3 is 2.58 bits per heavy atom. The Balaban J connectivity index is 1.72. The number of benzene rings is 3. The number of hydrogen-bond donors (Lipinski definition) is 1. The minimum atomic E-state index is -0.752. The van der Waals surface area contributed by atoms with E-state index in [1.165, 1.54) is 12.1 Å². The molecule has 5 heteroatoms. The molecule has 1 N–H and O–H groups in total. The lowest BCUT2D eigenvalue weighted by Crippen LogP contribution is -2.30. The van der Waals surface area contributed by atoms with Crippen molar-refractivity contribution in [2.24, 2.45) is 0 Å². The van der Waals surface area contributed by atoms with Gasteiger partial charge in [-0.1, -0.05) is 40.2 Å². The summed E-state index contributed by atoms with van der Waals surface area (Å²) in [6, 6.07) is 17.6. The van der Waals surface area contributed by atoms with Crippen LogP contribution in [0.25, 0.3) is 10.8 Å². The van der Waals surface area contributed by atoms with Crippen molar-refractivity contribution in [3.8, 4) is 5.75 Å². The van der Waals surface area contributed by atoms with E-state index in [2.05, 4.69) is 21.2 Å². The van der Waals surface area contributed by atoms with Gasteiger partial charge in [-0.2, -0.15) is 0 Å². The van der Waals surface area contributed by atoms with Gasteiger partial charge >= 0.3 is 0 Å². The molecule has 3 aromatic rings. The molecule has 122 valence electrons. The first-order chi connectivity index (χ1) is 11.5. The average molecular weight is 388 g/mol. The SMILES string of the molecule is C[C@H](Oc1ccc2cc(Br)ccc2c1)C(=O)Nc1ccccc1F. The van der Waals surface area contributed by atoms with Crippen molar-refractivity contribution in [1.29, 1.82) is 0 Å². The second-order valence-corrected chi connectivity index (χ2v) is 6.30. The van der Waals surface area contributed by atoms with Crippen LogP contribution in [0.4, 0.5) is 10.1 Å². The highest BCUT2D eigenvalue weighted by molar-refractivity contribution is 9.10. The number of amides is 1. The Morgan fingerprint density at radius 2 is 1.79 bits per heavy atom. The lowest BCUT2D eigenvalue weighted by molar-refractivity contribution is -0.122. The quantitative estimate of drug-likeness (QED) is 0.672. The van der Waals surface area contributed by atoms with Crippen molar-refractivity contribution in [3.63, 3.8) is 0 Å². The second-order valence-electron chi connectivity index (χ2n) is 5.38. The van der Waals surface area contributed by atoms with Crippen LogP contribution < -0.4 is 10.1 Å². The minimum absolute atomic E-state index is 0.140. The smallest absolute Gasteiger partial charge is 0.265 e. The normalized spacial score (nSPS) is 12.0. The van der Waals surface area contributed by atoms with E-state index in [0.717, 1.165) is 15.2 Å². The number of hydrogen-bond acceptors (Lipinski definition) is 2. The summed E-state index contributed by atoms with van der Waals surface area (Å²) in [5.74, 6) is -0.300. The van der Waals surface area contributed by atoms with E-state index in [1.54, 1.807) is 19.1 Å². The van der Waals surface area contributed by atoms with Crippen molar-refractivity contribution in [2.75, 3.05) is 5.32 Å². The van der Waals surface area contributed by atoms with Gasteiger partial charge in [0.25, 0.3) is 5.91 Å². The van der Waals surface area contributed by atoms with Gasteiger partial charge < -0.3 is 10.1 Å². The van der Waals surface area contributed by atoms with E-state index in [0.29, 0.717) is 5.75 Å². The summed E-state index contributed by atoms with van der Waals surface area (Å²) in [7, 11) is 0. The maximum Gasteiger partial charge on any atom is 0.265 e. The van der Waals surface area contributed by atoms with Crippen LogP contribution in [0, 0.1) is 5.82 Å². The second kappa shape index (κ2) is 7.01. The number of nitrogens with one attached hydrogen (secondary N) is 1. The Hall–Kier alpha value is -2.40. The molecule has 0 unspecified atom stereocenters. The lowest BCUT2D eigenvalue weighted by Gasteiger charge is -2.15. The molecule has 0 radical (unpaired) electrons. The van der Waals surface area contributed by atoms with E-state index in [-0.39, 0.29) is 5.69 Å². The van der Waals surface area contributed by atoms with Gasteiger partial charge in [0.1, 0.15) is 11.6 Å². The Kier molecular flexibility index (Phi) is 4.81. The van der Waals surface area contributed by atoms with Crippen LogP contribution in [0.2, 0.25) is 0 Å². The third-order valence-corrected chi connectivity index (χ3v) is 4.08.